The molecule has 0 aliphatic carbocycles. The molecule has 1 atom stereocenters. The van der Waals surface area contributed by atoms with Crippen LogP contribution in [0.2, 0.25) is 0 Å². The molecule has 0 aliphatic heterocycles. The van der Waals surface area contributed by atoms with Gasteiger partial charge in [-0.1, -0.05) is 19.3 Å². The second-order valence-electron chi connectivity index (χ2n) is 2.63. The molecule has 64 valence electrons. The molecule has 1 aromatic heterocycles. The van der Waals surface area contributed by atoms with Gasteiger partial charge in [0.25, 0.3) is 0 Å². The summed E-state index contributed by atoms with van der Waals surface area (Å²) < 4.78 is 0. The summed E-state index contributed by atoms with van der Waals surface area (Å²) in [6.07, 6.45) is 3.69. The highest BCUT2D eigenvalue weighted by Crippen LogP contribution is 1.92. The van der Waals surface area contributed by atoms with Crippen LogP contribution >= 0.6 is 0 Å². The van der Waals surface area contributed by atoms with Crippen molar-refractivity contribution in [3.63, 3.8) is 0 Å². The molecule has 0 amide bonds. The Bertz CT molecular complexity index is 266. The van der Waals surface area contributed by atoms with Gasteiger partial charge in [-0.3, -0.25) is 5.10 Å². The van der Waals surface area contributed by atoms with Crippen LogP contribution in [0.1, 0.15) is 25.5 Å². The van der Waals surface area contributed by atoms with Crippen molar-refractivity contribution in [1.82, 2.24) is 10.2 Å². The third-order valence-electron chi connectivity index (χ3n) is 1.49. The highest BCUT2D eigenvalue weighted by Gasteiger charge is 1.93. The van der Waals surface area contributed by atoms with Gasteiger partial charge in [-0.15, -0.1) is 0 Å². The van der Waals surface area contributed by atoms with E-state index in [0.29, 0.717) is 0 Å². The zero-order chi connectivity index (χ0) is 8.81. The Kier molecular flexibility index (Phi) is 3.36. The Morgan fingerprint density at radius 1 is 1.75 bits per heavy atom. The molecule has 0 aliphatic rings. The molecule has 3 heteroatoms. The Morgan fingerprint density at radius 2 is 2.58 bits per heavy atom. The summed E-state index contributed by atoms with van der Waals surface area (Å²) in [4.78, 5) is 0. The normalized spacial score (nSPS) is 11.8. The van der Waals surface area contributed by atoms with E-state index in [1.165, 1.54) is 0 Å². The minimum absolute atomic E-state index is 0.0155. The van der Waals surface area contributed by atoms with Gasteiger partial charge in [0, 0.05) is 6.20 Å². The van der Waals surface area contributed by atoms with Gasteiger partial charge in [0.2, 0.25) is 0 Å². The lowest BCUT2D eigenvalue weighted by Crippen LogP contribution is -2.16. The fourth-order valence-electron chi connectivity index (χ4n) is 0.879. The number of nitrogens with zero attached hydrogens (tertiary/aromatic N) is 1. The summed E-state index contributed by atoms with van der Waals surface area (Å²) in [5, 5.41) is 6.53. The molecular weight excluding hydrogens is 150 g/mol. The van der Waals surface area contributed by atoms with Crippen LogP contribution in [0, 0.1) is 11.8 Å². The van der Waals surface area contributed by atoms with Gasteiger partial charge >= 0.3 is 0 Å². The number of hydrogen-bond donors (Lipinski definition) is 2. The monoisotopic (exact) mass is 163 g/mol. The lowest BCUT2D eigenvalue weighted by atomic mass is 10.2. The number of aromatic amines is 1. The van der Waals surface area contributed by atoms with Crippen molar-refractivity contribution >= 4 is 0 Å². The van der Waals surface area contributed by atoms with Crippen LogP contribution in [-0.2, 0) is 0 Å². The summed E-state index contributed by atoms with van der Waals surface area (Å²) in [6.45, 7) is 2.09. The average Bonchev–Trinajstić information content (AvgIpc) is 2.53. The standard InChI is InChI=1S/C9H13N3/c1-2-3-8(10)4-5-9-6-7-11-12-9/h6-8H,2-3,10H2,1H3,(H,11,12). The molecule has 12 heavy (non-hydrogen) atoms. The minimum atomic E-state index is -0.0155. The van der Waals surface area contributed by atoms with E-state index in [-0.39, 0.29) is 6.04 Å². The topological polar surface area (TPSA) is 54.7 Å². The third kappa shape index (κ3) is 2.77. The van der Waals surface area contributed by atoms with E-state index in [4.69, 9.17) is 5.73 Å². The van der Waals surface area contributed by atoms with Gasteiger partial charge in [-0.2, -0.15) is 5.10 Å². The maximum Gasteiger partial charge on any atom is 0.107 e. The van der Waals surface area contributed by atoms with Gasteiger partial charge in [0.15, 0.2) is 0 Å². The van der Waals surface area contributed by atoms with Crippen LogP contribution in [0.5, 0.6) is 0 Å². The quantitative estimate of drug-likeness (QED) is 0.636. The highest BCUT2D eigenvalue weighted by atomic mass is 15.1. The van der Waals surface area contributed by atoms with E-state index < -0.39 is 0 Å². The van der Waals surface area contributed by atoms with E-state index in [0.717, 1.165) is 18.5 Å². The second kappa shape index (κ2) is 4.58. The van der Waals surface area contributed by atoms with Crippen LogP contribution < -0.4 is 5.73 Å². The zero-order valence-electron chi connectivity index (χ0n) is 7.17. The van der Waals surface area contributed by atoms with E-state index in [1.807, 2.05) is 6.07 Å². The molecule has 0 radical (unpaired) electrons. The second-order valence-corrected chi connectivity index (χ2v) is 2.63. The van der Waals surface area contributed by atoms with Crippen molar-refractivity contribution in [2.24, 2.45) is 5.73 Å². The predicted octanol–water partition coefficient (Wildman–Crippen LogP) is 0.889. The van der Waals surface area contributed by atoms with Gasteiger partial charge in [-0.05, 0) is 18.4 Å². The number of nitrogens with one attached hydrogen (secondary N) is 1. The van der Waals surface area contributed by atoms with Crippen molar-refractivity contribution in [2.45, 2.75) is 25.8 Å². The third-order valence-corrected chi connectivity index (χ3v) is 1.49. The molecule has 0 saturated heterocycles. The van der Waals surface area contributed by atoms with E-state index in [9.17, 15) is 0 Å². The smallest absolute Gasteiger partial charge is 0.107 e. The minimum Gasteiger partial charge on any atom is -0.318 e. The number of H-pyrrole nitrogens is 1. The SMILES string of the molecule is CCCC(N)C#Cc1ccn[nH]1. The van der Waals surface area contributed by atoms with Crippen LogP contribution in [0.25, 0.3) is 0 Å². The molecule has 0 bridgehead atoms. The number of aromatic nitrogens is 2. The largest absolute Gasteiger partial charge is 0.318 e. The molecule has 1 rings (SSSR count). The van der Waals surface area contributed by atoms with Crippen molar-refractivity contribution in [3.05, 3.63) is 18.0 Å². The molecule has 1 aromatic rings. The fraction of sp³-hybridized carbons (Fsp3) is 0.444. The van der Waals surface area contributed by atoms with E-state index >= 15 is 0 Å². The van der Waals surface area contributed by atoms with Crippen LogP contribution in [0.4, 0.5) is 0 Å². The lowest BCUT2D eigenvalue weighted by molar-refractivity contribution is 0.720. The summed E-state index contributed by atoms with van der Waals surface area (Å²) in [5.74, 6) is 5.86. The van der Waals surface area contributed by atoms with Gasteiger partial charge < -0.3 is 5.73 Å². The summed E-state index contributed by atoms with van der Waals surface area (Å²) in [6, 6.07) is 1.81. The molecule has 3 N–H and O–H groups in total. The predicted molar refractivity (Wildman–Crippen MR) is 48.3 cm³/mol. The maximum atomic E-state index is 5.69. The number of rotatable bonds is 2. The van der Waals surface area contributed by atoms with Crippen LogP contribution in [-0.4, -0.2) is 16.2 Å². The van der Waals surface area contributed by atoms with Gasteiger partial charge in [-0.25, -0.2) is 0 Å². The van der Waals surface area contributed by atoms with E-state index in [2.05, 4.69) is 29.0 Å². The first-order valence-corrected chi connectivity index (χ1v) is 4.09. The molecular formula is C9H13N3. The molecule has 3 nitrogen and oxygen atoms in total. The fourth-order valence-corrected chi connectivity index (χ4v) is 0.879. The summed E-state index contributed by atoms with van der Waals surface area (Å²) in [5.41, 5.74) is 6.51. The number of hydrogen-bond acceptors (Lipinski definition) is 2. The summed E-state index contributed by atoms with van der Waals surface area (Å²) >= 11 is 0. The van der Waals surface area contributed by atoms with Crippen LogP contribution in [0.15, 0.2) is 12.3 Å². The number of nitrogens with two attached hydrogens (primary N) is 1. The Morgan fingerprint density at radius 3 is 3.17 bits per heavy atom. The van der Waals surface area contributed by atoms with Crippen molar-refractivity contribution in [3.8, 4) is 11.8 Å². The van der Waals surface area contributed by atoms with Gasteiger partial charge in [0.05, 0.1) is 6.04 Å². The highest BCUT2D eigenvalue weighted by molar-refractivity contribution is 5.27. The molecule has 0 aromatic carbocycles. The first-order valence-electron chi connectivity index (χ1n) is 4.09. The van der Waals surface area contributed by atoms with Crippen molar-refractivity contribution in [1.29, 1.82) is 0 Å². The van der Waals surface area contributed by atoms with Crippen molar-refractivity contribution < 1.29 is 0 Å². The maximum absolute atomic E-state index is 5.69. The summed E-state index contributed by atoms with van der Waals surface area (Å²) in [7, 11) is 0. The first-order chi connectivity index (χ1) is 5.83. The van der Waals surface area contributed by atoms with Gasteiger partial charge in [0.1, 0.15) is 5.69 Å². The van der Waals surface area contributed by atoms with E-state index in [1.54, 1.807) is 6.20 Å². The molecule has 0 saturated carbocycles. The molecule has 1 unspecified atom stereocenters. The Labute approximate surface area is 72.4 Å². The molecule has 0 spiro atoms. The van der Waals surface area contributed by atoms with Crippen LogP contribution in [0.3, 0.4) is 0 Å². The Hall–Kier alpha value is -1.27. The zero-order valence-corrected chi connectivity index (χ0v) is 7.17. The molecule has 1 heterocycles. The molecule has 0 fully saturated rings. The van der Waals surface area contributed by atoms with Crippen molar-refractivity contribution in [2.75, 3.05) is 0 Å². The Balaban J connectivity index is 2.48. The lowest BCUT2D eigenvalue weighted by Gasteiger charge is -1.97. The average molecular weight is 163 g/mol. The first kappa shape index (κ1) is 8.82.